The molecule has 0 aliphatic heterocycles. The van der Waals surface area contributed by atoms with Crippen molar-refractivity contribution in [2.45, 2.75) is 20.0 Å². The van der Waals surface area contributed by atoms with Crippen molar-refractivity contribution >= 4 is 5.91 Å². The number of aliphatic hydroxyl groups is 1. The van der Waals surface area contributed by atoms with Crippen molar-refractivity contribution in [2.75, 3.05) is 14.1 Å². The summed E-state index contributed by atoms with van der Waals surface area (Å²) in [5, 5.41) is 8.95. The zero-order valence-corrected chi connectivity index (χ0v) is 9.45. The van der Waals surface area contributed by atoms with Crippen molar-refractivity contribution in [2.24, 2.45) is 0 Å². The van der Waals surface area contributed by atoms with Crippen LogP contribution in [0, 0.1) is 6.92 Å². The number of likely N-dealkylation sites (N-methyl/N-ethyl adjacent to an activating group) is 1. The molecular weight excluding hydrogens is 190 g/mol. The number of rotatable bonds is 3. The molecule has 0 bridgehead atoms. The normalized spacial score (nSPS) is 10.1. The van der Waals surface area contributed by atoms with Gasteiger partial charge in [-0.3, -0.25) is 4.79 Å². The van der Waals surface area contributed by atoms with E-state index in [0.717, 1.165) is 16.7 Å². The van der Waals surface area contributed by atoms with Crippen molar-refractivity contribution in [3.8, 4) is 0 Å². The Kier molecular flexibility index (Phi) is 3.86. The molecule has 0 atom stereocenters. The molecular formula is C12H17NO2. The first-order chi connectivity index (χ1) is 7.04. The third-order valence-corrected chi connectivity index (χ3v) is 2.43. The van der Waals surface area contributed by atoms with Crippen molar-refractivity contribution in [3.05, 3.63) is 34.9 Å². The van der Waals surface area contributed by atoms with E-state index in [0.29, 0.717) is 6.42 Å². The molecule has 0 radical (unpaired) electrons. The highest BCUT2D eigenvalue weighted by atomic mass is 16.3. The summed E-state index contributed by atoms with van der Waals surface area (Å²) in [6, 6.07) is 5.67. The van der Waals surface area contributed by atoms with Crippen LogP contribution in [-0.2, 0) is 17.8 Å². The molecule has 0 saturated carbocycles. The summed E-state index contributed by atoms with van der Waals surface area (Å²) in [6.45, 7) is 2.00. The number of carbonyl (C=O) groups is 1. The first-order valence-corrected chi connectivity index (χ1v) is 4.94. The molecule has 0 saturated heterocycles. The van der Waals surface area contributed by atoms with Crippen molar-refractivity contribution in [3.63, 3.8) is 0 Å². The Hall–Kier alpha value is -1.35. The minimum atomic E-state index is 0.0444. The lowest BCUT2D eigenvalue weighted by molar-refractivity contribution is -0.127. The van der Waals surface area contributed by atoms with Gasteiger partial charge in [-0.05, 0) is 23.6 Å². The third-order valence-electron chi connectivity index (χ3n) is 2.43. The van der Waals surface area contributed by atoms with Gasteiger partial charge in [0.25, 0.3) is 0 Å². The molecule has 1 aromatic carbocycles. The van der Waals surface area contributed by atoms with Gasteiger partial charge in [0.1, 0.15) is 0 Å². The van der Waals surface area contributed by atoms with Crippen LogP contribution in [0.3, 0.4) is 0 Å². The SMILES string of the molecule is Cc1cc(CO)ccc1CC(=O)N(C)C. The standard InChI is InChI=1S/C12H17NO2/c1-9-6-10(8-14)4-5-11(9)7-12(15)13(2)3/h4-6,14H,7-8H2,1-3H3. The molecule has 0 heterocycles. The van der Waals surface area contributed by atoms with Crippen LogP contribution >= 0.6 is 0 Å². The van der Waals surface area contributed by atoms with Gasteiger partial charge in [-0.25, -0.2) is 0 Å². The van der Waals surface area contributed by atoms with Gasteiger partial charge in [-0.2, -0.15) is 0 Å². The Morgan fingerprint density at radius 2 is 2.07 bits per heavy atom. The molecule has 3 nitrogen and oxygen atoms in total. The van der Waals surface area contributed by atoms with Gasteiger partial charge in [0.15, 0.2) is 0 Å². The van der Waals surface area contributed by atoms with E-state index in [-0.39, 0.29) is 12.5 Å². The van der Waals surface area contributed by atoms with E-state index in [4.69, 9.17) is 5.11 Å². The molecule has 0 aromatic heterocycles. The van der Waals surface area contributed by atoms with Crippen molar-refractivity contribution < 1.29 is 9.90 Å². The third kappa shape index (κ3) is 3.06. The Labute approximate surface area is 90.3 Å². The summed E-state index contributed by atoms with van der Waals surface area (Å²) >= 11 is 0. The number of hydrogen-bond acceptors (Lipinski definition) is 2. The summed E-state index contributed by atoms with van der Waals surface area (Å²) in [5.41, 5.74) is 2.95. The molecule has 1 aromatic rings. The number of aryl methyl sites for hydroxylation is 1. The van der Waals surface area contributed by atoms with Crippen LogP contribution < -0.4 is 0 Å². The summed E-state index contributed by atoms with van der Waals surface area (Å²) < 4.78 is 0. The van der Waals surface area contributed by atoms with Crippen LogP contribution in [0.1, 0.15) is 16.7 Å². The maximum Gasteiger partial charge on any atom is 0.226 e. The molecule has 0 aliphatic carbocycles. The molecule has 1 N–H and O–H groups in total. The fourth-order valence-corrected chi connectivity index (χ4v) is 1.38. The minimum absolute atomic E-state index is 0.0444. The lowest BCUT2D eigenvalue weighted by Crippen LogP contribution is -2.23. The van der Waals surface area contributed by atoms with Crippen molar-refractivity contribution in [1.29, 1.82) is 0 Å². The van der Waals surface area contributed by atoms with Crippen LogP contribution in [0.25, 0.3) is 0 Å². The lowest BCUT2D eigenvalue weighted by atomic mass is 10.0. The van der Waals surface area contributed by atoms with E-state index in [9.17, 15) is 4.79 Å². The lowest BCUT2D eigenvalue weighted by Gasteiger charge is -2.12. The van der Waals surface area contributed by atoms with Gasteiger partial charge in [-0.1, -0.05) is 18.2 Å². The van der Waals surface area contributed by atoms with E-state index >= 15 is 0 Å². The number of nitrogens with zero attached hydrogens (tertiary/aromatic N) is 1. The first-order valence-electron chi connectivity index (χ1n) is 4.94. The summed E-state index contributed by atoms with van der Waals surface area (Å²) in [6.07, 6.45) is 0.421. The summed E-state index contributed by atoms with van der Waals surface area (Å²) in [5.74, 6) is 0.0925. The van der Waals surface area contributed by atoms with E-state index < -0.39 is 0 Å². The highest BCUT2D eigenvalue weighted by Gasteiger charge is 2.07. The second-order valence-electron chi connectivity index (χ2n) is 3.88. The largest absolute Gasteiger partial charge is 0.392 e. The minimum Gasteiger partial charge on any atom is -0.392 e. The molecule has 0 unspecified atom stereocenters. The molecule has 1 rings (SSSR count). The maximum absolute atomic E-state index is 11.5. The van der Waals surface area contributed by atoms with Crippen LogP contribution in [-0.4, -0.2) is 30.0 Å². The second kappa shape index (κ2) is 4.94. The Balaban J connectivity index is 2.83. The van der Waals surface area contributed by atoms with Gasteiger partial charge < -0.3 is 10.0 Å². The molecule has 3 heteroatoms. The van der Waals surface area contributed by atoms with E-state index in [1.165, 1.54) is 0 Å². The quantitative estimate of drug-likeness (QED) is 0.806. The predicted octanol–water partition coefficient (Wildman–Crippen LogP) is 1.12. The molecule has 1 amide bonds. The zero-order valence-electron chi connectivity index (χ0n) is 9.45. The molecule has 0 fully saturated rings. The Morgan fingerprint density at radius 1 is 1.40 bits per heavy atom. The highest BCUT2D eigenvalue weighted by molar-refractivity contribution is 5.78. The Bertz CT molecular complexity index is 359. The molecule has 0 aliphatic rings. The van der Waals surface area contributed by atoms with Crippen LogP contribution in [0.5, 0.6) is 0 Å². The number of carbonyl (C=O) groups excluding carboxylic acids is 1. The van der Waals surface area contributed by atoms with Gasteiger partial charge in [0.05, 0.1) is 13.0 Å². The summed E-state index contributed by atoms with van der Waals surface area (Å²) in [7, 11) is 3.50. The topological polar surface area (TPSA) is 40.5 Å². The van der Waals surface area contributed by atoms with Crippen LogP contribution in [0.4, 0.5) is 0 Å². The van der Waals surface area contributed by atoms with E-state index in [2.05, 4.69) is 0 Å². The monoisotopic (exact) mass is 207 g/mol. The fourth-order valence-electron chi connectivity index (χ4n) is 1.38. The van der Waals surface area contributed by atoms with E-state index in [1.54, 1.807) is 19.0 Å². The van der Waals surface area contributed by atoms with Crippen LogP contribution in [0.15, 0.2) is 18.2 Å². The maximum atomic E-state index is 11.5. The van der Waals surface area contributed by atoms with Gasteiger partial charge in [0, 0.05) is 14.1 Å². The number of amides is 1. The first kappa shape index (κ1) is 11.7. The summed E-state index contributed by atoms with van der Waals surface area (Å²) in [4.78, 5) is 13.1. The average molecular weight is 207 g/mol. The van der Waals surface area contributed by atoms with Gasteiger partial charge in [-0.15, -0.1) is 0 Å². The fraction of sp³-hybridized carbons (Fsp3) is 0.417. The van der Waals surface area contributed by atoms with Crippen molar-refractivity contribution in [1.82, 2.24) is 4.90 Å². The molecule has 82 valence electrons. The second-order valence-corrected chi connectivity index (χ2v) is 3.88. The molecule has 0 spiro atoms. The van der Waals surface area contributed by atoms with Crippen LogP contribution in [0.2, 0.25) is 0 Å². The average Bonchev–Trinajstić information content (AvgIpc) is 2.20. The van der Waals surface area contributed by atoms with Gasteiger partial charge >= 0.3 is 0 Å². The zero-order chi connectivity index (χ0) is 11.4. The molecule has 15 heavy (non-hydrogen) atoms. The number of benzene rings is 1. The highest BCUT2D eigenvalue weighted by Crippen LogP contribution is 2.12. The smallest absolute Gasteiger partial charge is 0.226 e. The number of hydrogen-bond donors (Lipinski definition) is 1. The van der Waals surface area contributed by atoms with Gasteiger partial charge in [0.2, 0.25) is 5.91 Å². The Morgan fingerprint density at radius 3 is 2.53 bits per heavy atom. The predicted molar refractivity (Wildman–Crippen MR) is 59.5 cm³/mol. The number of aliphatic hydroxyl groups excluding tert-OH is 1. The van der Waals surface area contributed by atoms with E-state index in [1.807, 2.05) is 25.1 Å².